The Labute approximate surface area is 147 Å². The van der Waals surface area contributed by atoms with Crippen molar-refractivity contribution in [3.8, 4) is 5.75 Å². The second kappa shape index (κ2) is 8.26. The van der Waals surface area contributed by atoms with E-state index >= 15 is 0 Å². The van der Waals surface area contributed by atoms with Gasteiger partial charge in [0.05, 0.1) is 7.11 Å². The van der Waals surface area contributed by atoms with Gasteiger partial charge in [-0.15, -0.1) is 0 Å². The van der Waals surface area contributed by atoms with Crippen LogP contribution in [0.2, 0.25) is 0 Å². The van der Waals surface area contributed by atoms with Crippen LogP contribution < -0.4 is 15.4 Å². The van der Waals surface area contributed by atoms with Crippen LogP contribution in [-0.2, 0) is 4.79 Å². The standard InChI is InChI=1S/C19H20N2O2S/c1-13-4-10-17(14(2)12-13)20-19(24)21-18(22)11-7-15-5-8-16(23-3)9-6-15/h4-12H,1-3H3,(H2,20,21,22,24)/b11-7+. The summed E-state index contributed by atoms with van der Waals surface area (Å²) < 4.78 is 5.09. The Morgan fingerprint density at radius 3 is 2.46 bits per heavy atom. The van der Waals surface area contributed by atoms with Crippen LogP contribution in [0.25, 0.3) is 6.08 Å². The Bertz CT molecular complexity index is 767. The van der Waals surface area contributed by atoms with Crippen LogP contribution in [0.15, 0.2) is 48.5 Å². The van der Waals surface area contributed by atoms with E-state index in [1.54, 1.807) is 13.2 Å². The zero-order valence-corrected chi connectivity index (χ0v) is 14.7. The molecule has 0 aliphatic heterocycles. The molecule has 2 aromatic carbocycles. The molecule has 5 heteroatoms. The van der Waals surface area contributed by atoms with Gasteiger partial charge in [0.1, 0.15) is 5.75 Å². The third-order valence-electron chi connectivity index (χ3n) is 3.41. The summed E-state index contributed by atoms with van der Waals surface area (Å²) in [5, 5.41) is 5.93. The zero-order valence-electron chi connectivity index (χ0n) is 13.9. The minimum absolute atomic E-state index is 0.270. The lowest BCUT2D eigenvalue weighted by Crippen LogP contribution is -2.33. The normalized spacial score (nSPS) is 10.5. The molecule has 1 amide bonds. The van der Waals surface area contributed by atoms with E-state index in [9.17, 15) is 4.79 Å². The minimum Gasteiger partial charge on any atom is -0.497 e. The van der Waals surface area contributed by atoms with Gasteiger partial charge in [0.2, 0.25) is 5.91 Å². The fraction of sp³-hybridized carbons (Fsp3) is 0.158. The molecule has 0 saturated heterocycles. The second-order valence-electron chi connectivity index (χ2n) is 5.37. The Morgan fingerprint density at radius 2 is 1.83 bits per heavy atom. The first-order valence-electron chi connectivity index (χ1n) is 7.49. The first kappa shape index (κ1) is 17.7. The maximum absolute atomic E-state index is 11.9. The monoisotopic (exact) mass is 340 g/mol. The maximum atomic E-state index is 11.9. The number of hydrogen-bond acceptors (Lipinski definition) is 3. The molecule has 124 valence electrons. The van der Waals surface area contributed by atoms with Crippen LogP contribution in [0.4, 0.5) is 5.69 Å². The molecule has 0 saturated carbocycles. The summed E-state index contributed by atoms with van der Waals surface area (Å²) in [5.41, 5.74) is 4.03. The molecule has 4 nitrogen and oxygen atoms in total. The van der Waals surface area contributed by atoms with Crippen molar-refractivity contribution in [2.45, 2.75) is 13.8 Å². The quantitative estimate of drug-likeness (QED) is 0.656. The summed E-state index contributed by atoms with van der Waals surface area (Å²) in [4.78, 5) is 11.9. The molecule has 0 fully saturated rings. The molecule has 0 aromatic heterocycles. The van der Waals surface area contributed by atoms with Crippen LogP contribution in [0.3, 0.4) is 0 Å². The maximum Gasteiger partial charge on any atom is 0.250 e. The zero-order chi connectivity index (χ0) is 17.5. The first-order valence-corrected chi connectivity index (χ1v) is 7.90. The van der Waals surface area contributed by atoms with Crippen LogP contribution in [0, 0.1) is 13.8 Å². The Balaban J connectivity index is 1.91. The summed E-state index contributed by atoms with van der Waals surface area (Å²) >= 11 is 5.17. The summed E-state index contributed by atoms with van der Waals surface area (Å²) in [6.07, 6.45) is 3.16. The minimum atomic E-state index is -0.284. The number of aryl methyl sites for hydroxylation is 2. The van der Waals surface area contributed by atoms with Crippen molar-refractivity contribution in [2.24, 2.45) is 0 Å². The van der Waals surface area contributed by atoms with E-state index in [1.807, 2.05) is 50.2 Å². The van der Waals surface area contributed by atoms with E-state index in [1.165, 1.54) is 11.6 Å². The largest absolute Gasteiger partial charge is 0.497 e. The third-order valence-corrected chi connectivity index (χ3v) is 3.61. The Hall–Kier alpha value is -2.66. The summed E-state index contributed by atoms with van der Waals surface area (Å²) in [6.45, 7) is 4.02. The van der Waals surface area contributed by atoms with E-state index in [2.05, 4.69) is 16.7 Å². The molecule has 0 atom stereocenters. The van der Waals surface area contributed by atoms with Crippen molar-refractivity contribution in [3.63, 3.8) is 0 Å². The molecule has 0 bridgehead atoms. The summed E-state index contributed by atoms with van der Waals surface area (Å²) in [7, 11) is 1.61. The molecule has 0 aliphatic rings. The van der Waals surface area contributed by atoms with Crippen LogP contribution >= 0.6 is 12.2 Å². The number of thiocarbonyl (C=S) groups is 1. The van der Waals surface area contributed by atoms with Crippen LogP contribution in [-0.4, -0.2) is 18.1 Å². The fourth-order valence-electron chi connectivity index (χ4n) is 2.15. The van der Waals surface area contributed by atoms with Crippen LogP contribution in [0.5, 0.6) is 5.75 Å². The lowest BCUT2D eigenvalue weighted by molar-refractivity contribution is -0.115. The van der Waals surface area contributed by atoms with E-state index in [0.717, 1.165) is 22.6 Å². The number of hydrogen-bond donors (Lipinski definition) is 2. The van der Waals surface area contributed by atoms with Gasteiger partial charge < -0.3 is 10.1 Å². The van der Waals surface area contributed by atoms with E-state index in [4.69, 9.17) is 17.0 Å². The third kappa shape index (κ3) is 5.21. The van der Waals surface area contributed by atoms with E-state index in [0.29, 0.717) is 0 Å². The SMILES string of the molecule is COc1ccc(/C=C/C(=O)NC(=S)Nc2ccc(C)cc2C)cc1. The van der Waals surface area contributed by atoms with Gasteiger partial charge >= 0.3 is 0 Å². The van der Waals surface area contributed by atoms with Crippen molar-refractivity contribution >= 4 is 35.0 Å². The highest BCUT2D eigenvalue weighted by Gasteiger charge is 2.04. The molecule has 24 heavy (non-hydrogen) atoms. The predicted molar refractivity (Wildman–Crippen MR) is 102 cm³/mol. The summed E-state index contributed by atoms with van der Waals surface area (Å²) in [6, 6.07) is 13.4. The van der Waals surface area contributed by atoms with E-state index in [-0.39, 0.29) is 11.0 Å². The number of methoxy groups -OCH3 is 1. The van der Waals surface area contributed by atoms with Crippen molar-refractivity contribution < 1.29 is 9.53 Å². The molecule has 2 aromatic rings. The molecule has 0 spiro atoms. The molecule has 0 aliphatic carbocycles. The van der Waals surface area contributed by atoms with Gasteiger partial charge in [-0.3, -0.25) is 10.1 Å². The lowest BCUT2D eigenvalue weighted by Gasteiger charge is -2.11. The van der Waals surface area contributed by atoms with Gasteiger partial charge in [0.15, 0.2) is 5.11 Å². The molecule has 0 radical (unpaired) electrons. The number of rotatable bonds is 4. The number of amides is 1. The van der Waals surface area contributed by atoms with Gasteiger partial charge in [-0.25, -0.2) is 0 Å². The van der Waals surface area contributed by atoms with Crippen LogP contribution in [0.1, 0.15) is 16.7 Å². The highest BCUT2D eigenvalue weighted by Crippen LogP contribution is 2.16. The van der Waals surface area contributed by atoms with Gasteiger partial charge in [-0.2, -0.15) is 0 Å². The predicted octanol–water partition coefficient (Wildman–Crippen LogP) is 3.84. The van der Waals surface area contributed by atoms with Gasteiger partial charge in [0, 0.05) is 11.8 Å². The first-order chi connectivity index (χ1) is 11.5. The Morgan fingerprint density at radius 1 is 1.12 bits per heavy atom. The highest BCUT2D eigenvalue weighted by atomic mass is 32.1. The molecular formula is C19H20N2O2S. The number of benzene rings is 2. The van der Waals surface area contributed by atoms with Gasteiger partial charge in [0.25, 0.3) is 0 Å². The average Bonchev–Trinajstić information content (AvgIpc) is 2.56. The molecule has 2 N–H and O–H groups in total. The number of anilines is 1. The number of nitrogens with one attached hydrogen (secondary N) is 2. The van der Waals surface area contributed by atoms with Crippen molar-refractivity contribution in [1.82, 2.24) is 5.32 Å². The Kier molecular flexibility index (Phi) is 6.09. The molecule has 2 rings (SSSR count). The van der Waals surface area contributed by atoms with Crippen molar-refractivity contribution in [2.75, 3.05) is 12.4 Å². The highest BCUT2D eigenvalue weighted by molar-refractivity contribution is 7.80. The number of ether oxygens (including phenoxy) is 1. The molecule has 0 heterocycles. The lowest BCUT2D eigenvalue weighted by atomic mass is 10.1. The molecule has 0 unspecified atom stereocenters. The molecular weight excluding hydrogens is 320 g/mol. The number of carbonyl (C=O) groups is 1. The second-order valence-corrected chi connectivity index (χ2v) is 5.78. The number of carbonyl (C=O) groups excluding carboxylic acids is 1. The fourth-order valence-corrected chi connectivity index (χ4v) is 2.36. The van der Waals surface area contributed by atoms with Crippen molar-refractivity contribution in [1.29, 1.82) is 0 Å². The van der Waals surface area contributed by atoms with Gasteiger partial charge in [-0.05, 0) is 61.5 Å². The van der Waals surface area contributed by atoms with Crippen molar-refractivity contribution in [3.05, 3.63) is 65.2 Å². The summed E-state index contributed by atoms with van der Waals surface area (Å²) in [5.74, 6) is 0.489. The van der Waals surface area contributed by atoms with Gasteiger partial charge in [-0.1, -0.05) is 29.8 Å². The smallest absolute Gasteiger partial charge is 0.250 e. The van der Waals surface area contributed by atoms with E-state index < -0.39 is 0 Å². The topological polar surface area (TPSA) is 50.4 Å². The average molecular weight is 340 g/mol.